The quantitative estimate of drug-likeness (QED) is 0.0195. The number of aliphatic hydroxyl groups excluding tert-OH is 5. The van der Waals surface area contributed by atoms with Gasteiger partial charge >= 0.3 is 5.97 Å². The van der Waals surface area contributed by atoms with Crippen LogP contribution in [-0.2, 0) is 23.8 Å². The summed E-state index contributed by atoms with van der Waals surface area (Å²) >= 11 is 0. The predicted molar refractivity (Wildman–Crippen MR) is 384 cm³/mol. The van der Waals surface area contributed by atoms with Gasteiger partial charge in [0.15, 0.2) is 12.4 Å². The molecule has 0 spiro atoms. The molecule has 1 aliphatic heterocycles. The zero-order chi connectivity index (χ0) is 66.0. The lowest BCUT2D eigenvalue weighted by Crippen LogP contribution is -2.61. The van der Waals surface area contributed by atoms with Crippen LogP contribution in [0.4, 0.5) is 0 Å². The molecule has 91 heavy (non-hydrogen) atoms. The highest BCUT2D eigenvalue weighted by molar-refractivity contribution is 5.80. The molecule has 0 saturated carbocycles. The number of amides is 1. The van der Waals surface area contributed by atoms with Gasteiger partial charge in [-0.3, -0.25) is 9.59 Å². The molecule has 1 fully saturated rings. The monoisotopic (exact) mass is 1280 g/mol. The summed E-state index contributed by atoms with van der Waals surface area (Å²) in [6.07, 6.45) is 78.2. The van der Waals surface area contributed by atoms with Crippen LogP contribution in [-0.4, -0.2) is 99.6 Å². The molecule has 1 rings (SSSR count). The van der Waals surface area contributed by atoms with Crippen molar-refractivity contribution in [2.75, 3.05) is 13.2 Å². The van der Waals surface area contributed by atoms with E-state index in [1.54, 1.807) is 6.08 Å². The van der Waals surface area contributed by atoms with Gasteiger partial charge in [-0.25, -0.2) is 0 Å². The number of esters is 1. The van der Waals surface area contributed by atoms with Gasteiger partial charge in [-0.15, -0.1) is 0 Å². The molecule has 11 heteroatoms. The van der Waals surface area contributed by atoms with Crippen LogP contribution in [0.3, 0.4) is 0 Å². The molecular weight excluding hydrogens is 1130 g/mol. The number of carbonyl (C=O) groups is 2. The van der Waals surface area contributed by atoms with Gasteiger partial charge in [0.25, 0.3) is 0 Å². The van der Waals surface area contributed by atoms with Crippen LogP contribution in [0, 0.1) is 0 Å². The molecule has 0 aromatic heterocycles. The maximum atomic E-state index is 13.5. The average Bonchev–Trinajstić information content (AvgIpc) is 1.13. The molecule has 1 heterocycles. The van der Waals surface area contributed by atoms with E-state index in [2.05, 4.69) is 86.8 Å². The molecule has 1 aliphatic rings. The van der Waals surface area contributed by atoms with E-state index in [0.29, 0.717) is 19.3 Å². The molecule has 0 radical (unpaired) electrons. The highest BCUT2D eigenvalue weighted by Gasteiger charge is 2.47. The molecule has 11 nitrogen and oxygen atoms in total. The van der Waals surface area contributed by atoms with Crippen molar-refractivity contribution in [3.05, 3.63) is 72.9 Å². The van der Waals surface area contributed by atoms with Crippen molar-refractivity contribution < 1.29 is 49.3 Å². The predicted octanol–water partition coefficient (Wildman–Crippen LogP) is 20.6. The largest absolute Gasteiger partial charge is 0.454 e. The Balaban J connectivity index is 2.49. The van der Waals surface area contributed by atoms with Crippen molar-refractivity contribution in [3.8, 4) is 0 Å². The number of ether oxygens (including phenoxy) is 3. The summed E-state index contributed by atoms with van der Waals surface area (Å²) in [5.74, 6) is -1.19. The fourth-order valence-electron chi connectivity index (χ4n) is 12.1. The van der Waals surface area contributed by atoms with Crippen LogP contribution < -0.4 is 5.32 Å². The minimum atomic E-state index is -1.62. The molecule has 1 saturated heterocycles. The summed E-state index contributed by atoms with van der Waals surface area (Å²) in [6, 6.07) is -1.03. The summed E-state index contributed by atoms with van der Waals surface area (Å²) in [7, 11) is 0. The van der Waals surface area contributed by atoms with Crippen LogP contribution in [0.5, 0.6) is 0 Å². The standard InChI is InChI=1S/C80H145NO10/c1-4-7-10-13-16-19-22-24-26-28-30-32-34-36-38-39-41-43-45-47-49-52-55-58-61-64-67-73(84)79(88)81-71(72(83)66-63-60-57-54-51-21-18-15-12-9-6-3)70-89-80-78(77(87)76(86)74(69-82)90-80)91-75(85)68-65-62-59-56-53-50-48-46-44-42-40-37-35-33-31-29-27-25-23-20-17-14-11-8-5-2/h8,11,17,20,25,27,31,33,37,40,63,66,71-74,76-78,80,82-84,86-87H,4-7,9-10,12-16,18-19,21-24,26,28-30,32,34-36,38-39,41-62,64-65,67-70H2,1-3H3,(H,81,88)/b11-8-,20-17-,27-25-,33-31-,40-37-,66-63+. The molecule has 8 atom stereocenters. The van der Waals surface area contributed by atoms with E-state index in [9.17, 15) is 35.1 Å². The lowest BCUT2D eigenvalue weighted by Gasteiger charge is -2.41. The van der Waals surface area contributed by atoms with E-state index in [1.807, 2.05) is 6.08 Å². The third-order valence-corrected chi connectivity index (χ3v) is 18.1. The van der Waals surface area contributed by atoms with Crippen LogP contribution in [0.25, 0.3) is 0 Å². The first-order valence-electron chi connectivity index (χ1n) is 38.7. The Hall–Kier alpha value is -2.90. The Bertz CT molecular complexity index is 1760. The van der Waals surface area contributed by atoms with E-state index in [0.717, 1.165) is 103 Å². The average molecular weight is 1280 g/mol. The van der Waals surface area contributed by atoms with Crippen molar-refractivity contribution in [1.29, 1.82) is 0 Å². The van der Waals surface area contributed by atoms with E-state index < -0.39 is 67.4 Å². The molecule has 1 amide bonds. The van der Waals surface area contributed by atoms with Crippen LogP contribution in [0.1, 0.15) is 361 Å². The van der Waals surface area contributed by atoms with Crippen molar-refractivity contribution >= 4 is 11.9 Å². The smallest absolute Gasteiger partial charge is 0.306 e. The van der Waals surface area contributed by atoms with Crippen LogP contribution in [0.15, 0.2) is 72.9 Å². The zero-order valence-electron chi connectivity index (χ0n) is 59.2. The maximum Gasteiger partial charge on any atom is 0.306 e. The normalized spacial score (nSPS) is 18.4. The van der Waals surface area contributed by atoms with Crippen molar-refractivity contribution in [2.45, 2.75) is 410 Å². The lowest BCUT2D eigenvalue weighted by molar-refractivity contribution is -0.305. The number of unbranched alkanes of at least 4 members (excludes halogenated alkanes) is 43. The van der Waals surface area contributed by atoms with Gasteiger partial charge in [0.05, 0.1) is 25.4 Å². The van der Waals surface area contributed by atoms with Gasteiger partial charge in [0.1, 0.15) is 24.4 Å². The minimum Gasteiger partial charge on any atom is -0.454 e. The number of aliphatic hydroxyl groups is 5. The van der Waals surface area contributed by atoms with Crippen molar-refractivity contribution in [1.82, 2.24) is 5.32 Å². The summed E-state index contributed by atoms with van der Waals surface area (Å²) in [4.78, 5) is 26.7. The molecule has 530 valence electrons. The number of hydrogen-bond donors (Lipinski definition) is 6. The van der Waals surface area contributed by atoms with E-state index >= 15 is 0 Å². The molecule has 8 unspecified atom stereocenters. The minimum absolute atomic E-state index is 0.115. The summed E-state index contributed by atoms with van der Waals surface area (Å²) in [6.45, 7) is 5.72. The number of nitrogens with one attached hydrogen (secondary N) is 1. The molecule has 0 bridgehead atoms. The molecular formula is C80H145NO10. The zero-order valence-corrected chi connectivity index (χ0v) is 59.2. The molecule has 6 N–H and O–H groups in total. The van der Waals surface area contributed by atoms with Crippen LogP contribution >= 0.6 is 0 Å². The Morgan fingerprint density at radius 1 is 0.440 bits per heavy atom. The highest BCUT2D eigenvalue weighted by atomic mass is 16.7. The second-order valence-electron chi connectivity index (χ2n) is 26.7. The van der Waals surface area contributed by atoms with Gasteiger partial charge in [-0.1, -0.05) is 357 Å². The number of allylic oxidation sites excluding steroid dienone is 11. The lowest BCUT2D eigenvalue weighted by atomic mass is 9.99. The molecule has 0 aromatic rings. The Morgan fingerprint density at radius 2 is 0.791 bits per heavy atom. The van der Waals surface area contributed by atoms with E-state index in [4.69, 9.17) is 14.2 Å². The number of carbonyl (C=O) groups excluding carboxylic acids is 2. The Labute approximate surface area is 560 Å². The van der Waals surface area contributed by atoms with E-state index in [1.165, 1.54) is 212 Å². The second-order valence-corrected chi connectivity index (χ2v) is 26.7. The fourth-order valence-corrected chi connectivity index (χ4v) is 12.1. The first-order chi connectivity index (χ1) is 44.7. The second kappa shape index (κ2) is 67.1. The third kappa shape index (κ3) is 54.0. The summed E-state index contributed by atoms with van der Waals surface area (Å²) in [5.41, 5.74) is 0. The first kappa shape index (κ1) is 86.1. The summed E-state index contributed by atoms with van der Waals surface area (Å²) < 4.78 is 17.7. The maximum absolute atomic E-state index is 13.5. The van der Waals surface area contributed by atoms with Gasteiger partial charge in [-0.05, 0) is 70.6 Å². The van der Waals surface area contributed by atoms with E-state index in [-0.39, 0.29) is 13.0 Å². The molecule has 0 aliphatic carbocycles. The SMILES string of the molecule is CC/C=C\C/C=C\C/C=C\C/C=C\C/C=C\CCCCCCCCCCCC(=O)OC1C(OCC(NC(=O)C(O)CCCCCCCCCCCCCCCCCCCCCCCCCCCC)C(O)/C=C/CCCCCCCCCCC)OC(CO)C(O)C1O. The number of hydrogen-bond acceptors (Lipinski definition) is 10. The van der Waals surface area contributed by atoms with Crippen molar-refractivity contribution in [3.63, 3.8) is 0 Å². The van der Waals surface area contributed by atoms with Crippen molar-refractivity contribution in [2.24, 2.45) is 0 Å². The first-order valence-corrected chi connectivity index (χ1v) is 38.7. The summed E-state index contributed by atoms with van der Waals surface area (Å²) in [5, 5.41) is 57.3. The Morgan fingerprint density at radius 3 is 1.19 bits per heavy atom. The fraction of sp³-hybridized carbons (Fsp3) is 0.825. The third-order valence-electron chi connectivity index (χ3n) is 18.1. The highest BCUT2D eigenvalue weighted by Crippen LogP contribution is 2.27. The Kier molecular flexibility index (Phi) is 63.5. The molecule has 0 aromatic carbocycles. The van der Waals surface area contributed by atoms with Gasteiger partial charge in [0.2, 0.25) is 5.91 Å². The topological polar surface area (TPSA) is 175 Å². The van der Waals surface area contributed by atoms with Gasteiger partial charge < -0.3 is 45.1 Å². The van der Waals surface area contributed by atoms with Crippen LogP contribution in [0.2, 0.25) is 0 Å². The number of rotatable bonds is 67. The van der Waals surface area contributed by atoms with Gasteiger partial charge in [0, 0.05) is 6.42 Å². The van der Waals surface area contributed by atoms with Gasteiger partial charge in [-0.2, -0.15) is 0 Å².